The molecule has 1 aliphatic carbocycles. The van der Waals surface area contributed by atoms with Crippen LogP contribution in [0.25, 0.3) is 16.9 Å². The lowest BCUT2D eigenvalue weighted by Crippen LogP contribution is -2.27. The van der Waals surface area contributed by atoms with Crippen molar-refractivity contribution < 1.29 is 4.79 Å². The van der Waals surface area contributed by atoms with Crippen molar-refractivity contribution in [2.45, 2.75) is 47.0 Å². The van der Waals surface area contributed by atoms with Crippen LogP contribution in [-0.4, -0.2) is 10.4 Å². The molecule has 27 heavy (non-hydrogen) atoms. The first kappa shape index (κ1) is 17.8. The maximum Gasteiger partial charge on any atom is 0.165 e. The predicted molar refractivity (Wildman–Crippen MR) is 112 cm³/mol. The zero-order valence-electron chi connectivity index (χ0n) is 16.7. The lowest BCUT2D eigenvalue weighted by molar-refractivity contribution is 0.0911. The average Bonchev–Trinajstić information content (AvgIpc) is 3.01. The number of aryl methyl sites for hydroxylation is 2. The molecular weight excluding hydrogens is 330 g/mol. The smallest absolute Gasteiger partial charge is 0.165 e. The van der Waals surface area contributed by atoms with Gasteiger partial charge in [0.2, 0.25) is 0 Å². The Morgan fingerprint density at radius 1 is 0.963 bits per heavy atom. The van der Waals surface area contributed by atoms with Crippen LogP contribution in [0.5, 0.6) is 0 Å². The largest absolute Gasteiger partial charge is 0.313 e. The molecule has 1 aliphatic rings. The molecule has 2 nitrogen and oxygen atoms in total. The van der Waals surface area contributed by atoms with E-state index in [1.165, 1.54) is 11.1 Å². The summed E-state index contributed by atoms with van der Waals surface area (Å²) in [6.07, 6.45) is 2.56. The van der Waals surface area contributed by atoms with Crippen molar-refractivity contribution in [3.8, 4) is 16.9 Å². The third-order valence-corrected chi connectivity index (χ3v) is 5.64. The van der Waals surface area contributed by atoms with E-state index in [1.807, 2.05) is 0 Å². The molecule has 1 aromatic heterocycles. The van der Waals surface area contributed by atoms with E-state index < -0.39 is 0 Å². The lowest BCUT2D eigenvalue weighted by atomic mass is 9.76. The first-order chi connectivity index (χ1) is 12.9. The third-order valence-electron chi connectivity index (χ3n) is 5.64. The van der Waals surface area contributed by atoms with Crippen LogP contribution in [-0.2, 0) is 12.8 Å². The van der Waals surface area contributed by atoms with Crippen LogP contribution in [0.3, 0.4) is 0 Å². The Kier molecular flexibility index (Phi) is 4.30. The molecule has 1 heterocycles. The van der Waals surface area contributed by atoms with Gasteiger partial charge < -0.3 is 4.57 Å². The Morgan fingerprint density at radius 2 is 1.63 bits per heavy atom. The SMILES string of the molecule is CCc1ccc(-n2c(-c3ccc(C)cc3)cc3c2CC(C)(C)CC3=O)cc1. The van der Waals surface area contributed by atoms with E-state index in [4.69, 9.17) is 0 Å². The number of rotatable bonds is 3. The number of nitrogens with zero attached hydrogens (tertiary/aromatic N) is 1. The van der Waals surface area contributed by atoms with Crippen molar-refractivity contribution in [2.75, 3.05) is 0 Å². The molecule has 138 valence electrons. The van der Waals surface area contributed by atoms with Gasteiger partial charge in [0.15, 0.2) is 5.78 Å². The number of carbonyl (C=O) groups is 1. The number of hydrogen-bond donors (Lipinski definition) is 0. The van der Waals surface area contributed by atoms with Crippen LogP contribution < -0.4 is 0 Å². The molecule has 2 heteroatoms. The van der Waals surface area contributed by atoms with Gasteiger partial charge in [-0.2, -0.15) is 0 Å². The summed E-state index contributed by atoms with van der Waals surface area (Å²) in [7, 11) is 0. The molecule has 4 rings (SSSR count). The number of benzene rings is 2. The highest BCUT2D eigenvalue weighted by atomic mass is 16.1. The van der Waals surface area contributed by atoms with Crippen molar-refractivity contribution >= 4 is 5.78 Å². The molecule has 0 spiro atoms. The normalized spacial score (nSPS) is 15.6. The van der Waals surface area contributed by atoms with Crippen LogP contribution in [0, 0.1) is 12.3 Å². The highest BCUT2D eigenvalue weighted by molar-refractivity contribution is 6.00. The Bertz CT molecular complexity index is 988. The fraction of sp³-hybridized carbons (Fsp3) is 0.320. The van der Waals surface area contributed by atoms with Crippen LogP contribution in [0.4, 0.5) is 0 Å². The summed E-state index contributed by atoms with van der Waals surface area (Å²) < 4.78 is 2.30. The molecular formula is C25H27NO. The van der Waals surface area contributed by atoms with Crippen LogP contribution in [0.15, 0.2) is 54.6 Å². The number of carbonyl (C=O) groups excluding carboxylic acids is 1. The Hall–Kier alpha value is -2.61. The van der Waals surface area contributed by atoms with Crippen molar-refractivity contribution in [1.82, 2.24) is 4.57 Å². The summed E-state index contributed by atoms with van der Waals surface area (Å²) in [6, 6.07) is 19.4. The van der Waals surface area contributed by atoms with Gasteiger partial charge in [-0.15, -0.1) is 0 Å². The third kappa shape index (κ3) is 3.25. The van der Waals surface area contributed by atoms with Crippen LogP contribution >= 0.6 is 0 Å². The minimum Gasteiger partial charge on any atom is -0.313 e. The van der Waals surface area contributed by atoms with Gasteiger partial charge in [-0.3, -0.25) is 4.79 Å². The lowest BCUT2D eigenvalue weighted by Gasteiger charge is -2.30. The second-order valence-corrected chi connectivity index (χ2v) is 8.55. The Morgan fingerprint density at radius 3 is 2.26 bits per heavy atom. The summed E-state index contributed by atoms with van der Waals surface area (Å²) >= 11 is 0. The van der Waals surface area contributed by atoms with E-state index in [-0.39, 0.29) is 11.2 Å². The van der Waals surface area contributed by atoms with Crippen molar-refractivity contribution in [3.63, 3.8) is 0 Å². The minimum absolute atomic E-state index is 0.00586. The van der Waals surface area contributed by atoms with Gasteiger partial charge in [-0.1, -0.05) is 62.7 Å². The average molecular weight is 357 g/mol. The molecule has 0 saturated carbocycles. The quantitative estimate of drug-likeness (QED) is 0.549. The maximum atomic E-state index is 12.9. The van der Waals surface area contributed by atoms with E-state index in [0.29, 0.717) is 6.42 Å². The van der Waals surface area contributed by atoms with Crippen molar-refractivity contribution in [2.24, 2.45) is 5.41 Å². The fourth-order valence-corrected chi connectivity index (χ4v) is 4.12. The highest BCUT2D eigenvalue weighted by Gasteiger charge is 2.34. The molecule has 0 amide bonds. The topological polar surface area (TPSA) is 22.0 Å². The number of aromatic nitrogens is 1. The van der Waals surface area contributed by atoms with Gasteiger partial charge in [0.1, 0.15) is 0 Å². The molecule has 0 atom stereocenters. The van der Waals surface area contributed by atoms with Crippen LogP contribution in [0.1, 0.15) is 54.4 Å². The van der Waals surface area contributed by atoms with E-state index in [2.05, 4.69) is 86.9 Å². The van der Waals surface area contributed by atoms with Gasteiger partial charge in [0.25, 0.3) is 0 Å². The molecule has 0 saturated heterocycles. The zero-order valence-corrected chi connectivity index (χ0v) is 16.7. The van der Waals surface area contributed by atoms with Gasteiger partial charge in [-0.25, -0.2) is 0 Å². The second kappa shape index (κ2) is 6.53. The number of Topliss-reactive ketones (excluding diaryl/α,β-unsaturated/α-hetero) is 1. The first-order valence-corrected chi connectivity index (χ1v) is 9.82. The van der Waals surface area contributed by atoms with Gasteiger partial charge in [0.05, 0.1) is 5.69 Å². The summed E-state index contributed by atoms with van der Waals surface area (Å²) in [5.74, 6) is 0.263. The van der Waals surface area contributed by atoms with Gasteiger partial charge in [0, 0.05) is 23.4 Å². The molecule has 0 aliphatic heterocycles. The van der Waals surface area contributed by atoms with Gasteiger partial charge >= 0.3 is 0 Å². The number of fused-ring (bicyclic) bond motifs is 1. The second-order valence-electron chi connectivity index (χ2n) is 8.55. The first-order valence-electron chi connectivity index (χ1n) is 9.82. The highest BCUT2D eigenvalue weighted by Crippen LogP contribution is 2.40. The Balaban J connectivity index is 1.95. The fourth-order valence-electron chi connectivity index (χ4n) is 4.12. The Labute approximate surface area is 161 Å². The molecule has 0 bridgehead atoms. The van der Waals surface area contributed by atoms with E-state index in [9.17, 15) is 4.79 Å². The van der Waals surface area contributed by atoms with Crippen molar-refractivity contribution in [3.05, 3.63) is 77.0 Å². The summed E-state index contributed by atoms with van der Waals surface area (Å²) in [5, 5.41) is 0. The summed E-state index contributed by atoms with van der Waals surface area (Å²) in [5.41, 5.74) is 8.00. The predicted octanol–water partition coefficient (Wildman–Crippen LogP) is 6.17. The van der Waals surface area contributed by atoms with E-state index in [0.717, 1.165) is 41.0 Å². The summed E-state index contributed by atoms with van der Waals surface area (Å²) in [4.78, 5) is 12.9. The molecule has 0 radical (unpaired) electrons. The number of hydrogen-bond acceptors (Lipinski definition) is 1. The van der Waals surface area contributed by atoms with E-state index >= 15 is 0 Å². The maximum absolute atomic E-state index is 12.9. The number of ketones is 1. The van der Waals surface area contributed by atoms with Crippen molar-refractivity contribution in [1.29, 1.82) is 0 Å². The minimum atomic E-state index is -0.00586. The van der Waals surface area contributed by atoms with Crippen LogP contribution in [0.2, 0.25) is 0 Å². The monoisotopic (exact) mass is 357 g/mol. The summed E-state index contributed by atoms with van der Waals surface area (Å²) in [6.45, 7) is 8.66. The standard InChI is InChI=1S/C25H27NO/c1-5-18-8-12-20(13-9-18)26-22(19-10-6-17(2)7-11-19)14-21-23(26)15-25(3,4)16-24(21)27/h6-14H,5,15-16H2,1-4H3. The molecule has 0 N–H and O–H groups in total. The van der Waals surface area contributed by atoms with E-state index in [1.54, 1.807) is 0 Å². The molecule has 0 fully saturated rings. The zero-order chi connectivity index (χ0) is 19.2. The molecule has 2 aromatic carbocycles. The molecule has 3 aromatic rings. The molecule has 0 unspecified atom stereocenters. The van der Waals surface area contributed by atoms with Gasteiger partial charge in [-0.05, 0) is 54.5 Å².